The van der Waals surface area contributed by atoms with Gasteiger partial charge in [0.25, 0.3) is 0 Å². The summed E-state index contributed by atoms with van der Waals surface area (Å²) in [5.74, 6) is 0.641. The van der Waals surface area contributed by atoms with Gasteiger partial charge >= 0.3 is 0 Å². The highest BCUT2D eigenvalue weighted by atomic mass is 79.9. The first-order valence-electron chi connectivity index (χ1n) is 6.18. The van der Waals surface area contributed by atoms with Crippen molar-refractivity contribution in [2.45, 2.75) is 0 Å². The molecule has 3 nitrogen and oxygen atoms in total. The first kappa shape index (κ1) is 14.0. The molecule has 21 heavy (non-hydrogen) atoms. The molecule has 2 aromatic carbocycles. The highest BCUT2D eigenvalue weighted by Gasteiger charge is 2.10. The number of rotatable bonds is 2. The zero-order valence-electron chi connectivity index (χ0n) is 11.1. The van der Waals surface area contributed by atoms with Crippen LogP contribution < -0.4 is 4.74 Å². The van der Waals surface area contributed by atoms with Crippen molar-refractivity contribution in [3.05, 3.63) is 57.7 Å². The van der Waals surface area contributed by atoms with E-state index in [0.29, 0.717) is 16.3 Å². The molecule has 0 atom stereocenters. The molecule has 0 aliphatic carbocycles. The number of benzene rings is 2. The largest absolute Gasteiger partial charge is 0.495 e. The first-order chi connectivity index (χ1) is 10.1. The van der Waals surface area contributed by atoms with E-state index in [1.54, 1.807) is 13.2 Å². The van der Waals surface area contributed by atoms with Crippen LogP contribution in [-0.2, 0) is 0 Å². The van der Waals surface area contributed by atoms with Gasteiger partial charge in [-0.3, -0.25) is 0 Å². The summed E-state index contributed by atoms with van der Waals surface area (Å²) in [4.78, 5) is 0. The van der Waals surface area contributed by atoms with Crippen molar-refractivity contribution in [1.29, 1.82) is 5.26 Å². The molecule has 3 aromatic rings. The lowest BCUT2D eigenvalue weighted by Gasteiger charge is -2.08. The zero-order valence-corrected chi connectivity index (χ0v) is 13.4. The molecular formula is C16H10BrClN2O. The summed E-state index contributed by atoms with van der Waals surface area (Å²) in [6.45, 7) is 0. The number of hydrogen-bond donors (Lipinski definition) is 0. The van der Waals surface area contributed by atoms with Crippen LogP contribution in [0.5, 0.6) is 5.75 Å². The van der Waals surface area contributed by atoms with E-state index < -0.39 is 0 Å². The number of aromatic nitrogens is 1. The maximum atomic E-state index is 9.00. The summed E-state index contributed by atoms with van der Waals surface area (Å²) < 4.78 is 8.12. The monoisotopic (exact) mass is 360 g/mol. The Morgan fingerprint density at radius 2 is 2.05 bits per heavy atom. The van der Waals surface area contributed by atoms with Gasteiger partial charge in [-0.2, -0.15) is 5.26 Å². The smallest absolute Gasteiger partial charge is 0.137 e. The van der Waals surface area contributed by atoms with E-state index in [-0.39, 0.29) is 0 Å². The van der Waals surface area contributed by atoms with E-state index in [1.165, 1.54) is 0 Å². The van der Waals surface area contributed by atoms with Crippen LogP contribution in [0, 0.1) is 11.3 Å². The molecule has 1 aromatic heterocycles. The average molecular weight is 362 g/mol. The molecule has 0 saturated heterocycles. The van der Waals surface area contributed by atoms with Gasteiger partial charge in [0.05, 0.1) is 29.3 Å². The normalized spacial score (nSPS) is 10.6. The summed E-state index contributed by atoms with van der Waals surface area (Å²) in [5, 5.41) is 10.5. The molecule has 104 valence electrons. The second-order valence-electron chi connectivity index (χ2n) is 4.51. The third-order valence-electron chi connectivity index (χ3n) is 3.30. The molecule has 0 amide bonds. The SMILES string of the molecule is COc1ccc(-n2cc(Br)c3cc(C#N)ccc32)cc1Cl. The lowest BCUT2D eigenvalue weighted by atomic mass is 10.2. The van der Waals surface area contributed by atoms with Crippen molar-refractivity contribution in [3.8, 4) is 17.5 Å². The zero-order chi connectivity index (χ0) is 15.0. The van der Waals surface area contributed by atoms with Crippen molar-refractivity contribution in [2.75, 3.05) is 7.11 Å². The Labute approximate surface area is 135 Å². The van der Waals surface area contributed by atoms with Crippen molar-refractivity contribution >= 4 is 38.4 Å². The van der Waals surface area contributed by atoms with Gasteiger partial charge in [0, 0.05) is 21.7 Å². The van der Waals surface area contributed by atoms with E-state index in [1.807, 2.05) is 41.1 Å². The summed E-state index contributed by atoms with van der Waals surface area (Å²) in [6, 6.07) is 13.4. The van der Waals surface area contributed by atoms with Gasteiger partial charge < -0.3 is 9.30 Å². The van der Waals surface area contributed by atoms with E-state index >= 15 is 0 Å². The van der Waals surface area contributed by atoms with Crippen LogP contribution in [0.15, 0.2) is 47.1 Å². The average Bonchev–Trinajstić information content (AvgIpc) is 2.83. The second kappa shape index (κ2) is 5.44. The minimum atomic E-state index is 0.557. The fourth-order valence-electron chi connectivity index (χ4n) is 2.28. The Hall–Kier alpha value is -1.96. The van der Waals surface area contributed by atoms with E-state index in [0.717, 1.165) is 21.1 Å². The van der Waals surface area contributed by atoms with E-state index in [9.17, 15) is 0 Å². The number of fused-ring (bicyclic) bond motifs is 1. The molecule has 0 bridgehead atoms. The molecule has 0 N–H and O–H groups in total. The number of halogens is 2. The van der Waals surface area contributed by atoms with E-state index in [4.69, 9.17) is 21.6 Å². The van der Waals surface area contributed by atoms with Crippen LogP contribution >= 0.6 is 27.5 Å². The van der Waals surface area contributed by atoms with Crippen LogP contribution in [0.2, 0.25) is 5.02 Å². The number of ether oxygens (including phenoxy) is 1. The Kier molecular flexibility index (Phi) is 3.62. The Balaban J connectivity index is 2.21. The molecular weight excluding hydrogens is 352 g/mol. The fraction of sp³-hybridized carbons (Fsp3) is 0.0625. The van der Waals surface area contributed by atoms with Crippen LogP contribution in [-0.4, -0.2) is 11.7 Å². The van der Waals surface area contributed by atoms with Crippen LogP contribution in [0.1, 0.15) is 5.56 Å². The van der Waals surface area contributed by atoms with Gasteiger partial charge in [-0.25, -0.2) is 0 Å². The number of nitrogens with zero attached hydrogens (tertiary/aromatic N) is 2. The fourth-order valence-corrected chi connectivity index (χ4v) is 3.05. The van der Waals surface area contributed by atoms with Crippen molar-refractivity contribution in [1.82, 2.24) is 4.57 Å². The third kappa shape index (κ3) is 2.39. The minimum Gasteiger partial charge on any atom is -0.495 e. The molecule has 3 rings (SSSR count). The predicted molar refractivity (Wildman–Crippen MR) is 87.3 cm³/mol. The molecule has 0 unspecified atom stereocenters. The standard InChI is InChI=1S/C16H10BrClN2O/c1-21-16-5-3-11(7-14(16)18)20-9-13(17)12-6-10(8-19)2-4-15(12)20/h2-7,9H,1H3. The highest BCUT2D eigenvalue weighted by molar-refractivity contribution is 9.10. The molecule has 5 heteroatoms. The van der Waals surface area contributed by atoms with Gasteiger partial charge in [-0.15, -0.1) is 0 Å². The van der Waals surface area contributed by atoms with Crippen molar-refractivity contribution in [3.63, 3.8) is 0 Å². The lowest BCUT2D eigenvalue weighted by Crippen LogP contribution is -1.93. The topological polar surface area (TPSA) is 38.0 Å². The van der Waals surface area contributed by atoms with Crippen LogP contribution in [0.4, 0.5) is 0 Å². The van der Waals surface area contributed by atoms with Crippen LogP contribution in [0.3, 0.4) is 0 Å². The van der Waals surface area contributed by atoms with Gasteiger partial charge in [0.1, 0.15) is 5.75 Å². The molecule has 0 saturated carbocycles. The quantitative estimate of drug-likeness (QED) is 0.649. The molecule has 1 heterocycles. The molecule has 0 spiro atoms. The summed E-state index contributed by atoms with van der Waals surface area (Å²) in [6.07, 6.45) is 1.96. The molecule has 0 aliphatic rings. The van der Waals surface area contributed by atoms with Gasteiger partial charge in [0.2, 0.25) is 0 Å². The first-order valence-corrected chi connectivity index (χ1v) is 7.36. The van der Waals surface area contributed by atoms with Gasteiger partial charge in [0.15, 0.2) is 0 Å². The van der Waals surface area contributed by atoms with E-state index in [2.05, 4.69) is 22.0 Å². The Bertz CT molecular complexity index is 880. The van der Waals surface area contributed by atoms with Gasteiger partial charge in [-0.1, -0.05) is 11.6 Å². The maximum Gasteiger partial charge on any atom is 0.137 e. The molecule has 0 aliphatic heterocycles. The summed E-state index contributed by atoms with van der Waals surface area (Å²) in [7, 11) is 1.59. The number of hydrogen-bond acceptors (Lipinski definition) is 2. The molecule has 0 fully saturated rings. The van der Waals surface area contributed by atoms with Crippen molar-refractivity contribution < 1.29 is 4.74 Å². The second-order valence-corrected chi connectivity index (χ2v) is 5.77. The van der Waals surface area contributed by atoms with Crippen LogP contribution in [0.25, 0.3) is 16.6 Å². The lowest BCUT2D eigenvalue weighted by molar-refractivity contribution is 0.415. The number of methoxy groups -OCH3 is 1. The molecule has 0 radical (unpaired) electrons. The maximum absolute atomic E-state index is 9.00. The number of nitriles is 1. The Morgan fingerprint density at radius 1 is 1.24 bits per heavy atom. The Morgan fingerprint density at radius 3 is 2.71 bits per heavy atom. The summed E-state index contributed by atoms with van der Waals surface area (Å²) in [5.41, 5.74) is 2.57. The predicted octanol–water partition coefficient (Wildman–Crippen LogP) is 4.93. The third-order valence-corrected chi connectivity index (χ3v) is 4.23. The highest BCUT2D eigenvalue weighted by Crippen LogP contribution is 2.32. The van der Waals surface area contributed by atoms with Crippen molar-refractivity contribution in [2.24, 2.45) is 0 Å². The summed E-state index contributed by atoms with van der Waals surface area (Å²) >= 11 is 9.73. The van der Waals surface area contributed by atoms with Gasteiger partial charge in [-0.05, 0) is 52.3 Å². The minimum absolute atomic E-state index is 0.557.